The minimum Gasteiger partial charge on any atom is -0.226 e. The largest absolute Gasteiger partial charge is 0.226 e. The topological polar surface area (TPSA) is 43.1 Å². The van der Waals surface area contributed by atoms with Crippen LogP contribution in [0.2, 0.25) is 0 Å². The van der Waals surface area contributed by atoms with Gasteiger partial charge in [-0.25, -0.2) is 14.5 Å². The molecule has 0 amide bonds. The van der Waals surface area contributed by atoms with Gasteiger partial charge in [0.1, 0.15) is 0 Å². The van der Waals surface area contributed by atoms with Crippen LogP contribution in [0.25, 0.3) is 15.5 Å². The minimum absolute atomic E-state index is 0.415. The Bertz CT molecular complexity index is 647. The molecule has 0 aliphatic carbocycles. The van der Waals surface area contributed by atoms with E-state index in [0.717, 1.165) is 4.96 Å². The van der Waals surface area contributed by atoms with Gasteiger partial charge in [0, 0.05) is 6.20 Å². The van der Waals surface area contributed by atoms with Crippen molar-refractivity contribution in [1.82, 2.24) is 19.6 Å². The second kappa shape index (κ2) is 4.08. The Hall–Kier alpha value is -1.47. The Morgan fingerprint density at radius 3 is 3.00 bits per heavy atom. The molecule has 0 radical (unpaired) electrons. The van der Waals surface area contributed by atoms with Gasteiger partial charge in [-0.2, -0.15) is 9.49 Å². The van der Waals surface area contributed by atoms with Gasteiger partial charge in [0.15, 0.2) is 5.01 Å². The van der Waals surface area contributed by atoms with Gasteiger partial charge in [0.25, 0.3) is 0 Å². The summed E-state index contributed by atoms with van der Waals surface area (Å²) in [6.07, 6.45) is 5.25. The maximum absolute atomic E-state index is 13.8. The SMILES string of the molecule is CSc1ccc(-c2nn3ccnc3s2)c(F)n1. The van der Waals surface area contributed by atoms with Gasteiger partial charge >= 0.3 is 0 Å². The second-order valence-electron chi connectivity index (χ2n) is 3.25. The van der Waals surface area contributed by atoms with Gasteiger partial charge in [-0.1, -0.05) is 11.3 Å². The second-order valence-corrected chi connectivity index (χ2v) is 5.04. The normalized spacial score (nSPS) is 11.2. The van der Waals surface area contributed by atoms with Crippen LogP contribution < -0.4 is 0 Å². The van der Waals surface area contributed by atoms with E-state index in [1.165, 1.54) is 23.1 Å². The van der Waals surface area contributed by atoms with Gasteiger partial charge in [-0.15, -0.1) is 11.8 Å². The van der Waals surface area contributed by atoms with E-state index < -0.39 is 5.95 Å². The lowest BCUT2D eigenvalue weighted by atomic mass is 10.3. The van der Waals surface area contributed by atoms with Crippen LogP contribution in [-0.4, -0.2) is 25.8 Å². The number of aromatic nitrogens is 4. The zero-order chi connectivity index (χ0) is 11.8. The van der Waals surface area contributed by atoms with E-state index >= 15 is 0 Å². The highest BCUT2D eigenvalue weighted by Crippen LogP contribution is 2.27. The first-order valence-electron chi connectivity index (χ1n) is 4.79. The van der Waals surface area contributed by atoms with E-state index in [-0.39, 0.29) is 0 Å². The molecule has 3 rings (SSSR count). The maximum Gasteiger partial charge on any atom is 0.224 e. The molecule has 0 aromatic carbocycles. The summed E-state index contributed by atoms with van der Waals surface area (Å²) in [6.45, 7) is 0. The summed E-state index contributed by atoms with van der Waals surface area (Å²) in [5, 5.41) is 5.49. The van der Waals surface area contributed by atoms with Crippen LogP contribution in [-0.2, 0) is 0 Å². The predicted molar refractivity (Wildman–Crippen MR) is 65.8 cm³/mol. The average molecular weight is 266 g/mol. The molecular formula is C10H7FN4S2. The molecule has 0 aliphatic heterocycles. The number of imidazole rings is 1. The molecule has 3 aromatic heterocycles. The van der Waals surface area contributed by atoms with Crippen LogP contribution in [0.15, 0.2) is 29.6 Å². The number of fused-ring (bicyclic) bond motifs is 1. The molecule has 86 valence electrons. The molecule has 0 saturated heterocycles. The molecule has 0 atom stereocenters. The number of thioether (sulfide) groups is 1. The smallest absolute Gasteiger partial charge is 0.224 e. The summed E-state index contributed by atoms with van der Waals surface area (Å²) in [6, 6.07) is 3.49. The Kier molecular flexibility index (Phi) is 2.56. The highest BCUT2D eigenvalue weighted by atomic mass is 32.2. The van der Waals surface area contributed by atoms with E-state index in [1.807, 2.05) is 6.26 Å². The summed E-state index contributed by atoms with van der Waals surface area (Å²) < 4.78 is 15.4. The molecule has 7 heteroatoms. The molecule has 0 saturated carbocycles. The van der Waals surface area contributed by atoms with Crippen LogP contribution in [0, 0.1) is 5.95 Å². The fraction of sp³-hybridized carbons (Fsp3) is 0.100. The summed E-state index contributed by atoms with van der Waals surface area (Å²) in [4.78, 5) is 8.70. The lowest BCUT2D eigenvalue weighted by Gasteiger charge is -1.99. The Morgan fingerprint density at radius 2 is 2.29 bits per heavy atom. The first-order valence-corrected chi connectivity index (χ1v) is 6.83. The predicted octanol–water partition coefficient (Wildman–Crippen LogP) is 2.71. The number of halogens is 1. The van der Waals surface area contributed by atoms with Crippen molar-refractivity contribution < 1.29 is 4.39 Å². The van der Waals surface area contributed by atoms with Crippen molar-refractivity contribution >= 4 is 28.1 Å². The summed E-state index contributed by atoms with van der Waals surface area (Å²) in [7, 11) is 0. The molecule has 0 spiro atoms. The summed E-state index contributed by atoms with van der Waals surface area (Å²) in [5.74, 6) is -0.492. The minimum atomic E-state index is -0.492. The van der Waals surface area contributed by atoms with Crippen LogP contribution in [0.4, 0.5) is 4.39 Å². The third kappa shape index (κ3) is 1.81. The van der Waals surface area contributed by atoms with Crippen molar-refractivity contribution in [2.45, 2.75) is 5.03 Å². The van der Waals surface area contributed by atoms with Crippen LogP contribution in [0.1, 0.15) is 0 Å². The molecule has 3 aromatic rings. The molecular weight excluding hydrogens is 259 g/mol. The number of hydrogen-bond acceptors (Lipinski definition) is 5. The number of pyridine rings is 1. The average Bonchev–Trinajstić information content (AvgIpc) is 2.89. The Balaban J connectivity index is 2.12. The van der Waals surface area contributed by atoms with E-state index in [4.69, 9.17) is 0 Å². The number of hydrogen-bond donors (Lipinski definition) is 0. The summed E-state index contributed by atoms with van der Waals surface area (Å²) >= 11 is 2.75. The zero-order valence-electron chi connectivity index (χ0n) is 8.79. The fourth-order valence-electron chi connectivity index (χ4n) is 1.44. The molecule has 0 N–H and O–H groups in total. The Labute approximate surface area is 105 Å². The quantitative estimate of drug-likeness (QED) is 0.528. The van der Waals surface area contributed by atoms with Crippen LogP contribution in [0.3, 0.4) is 0 Å². The van der Waals surface area contributed by atoms with E-state index in [2.05, 4.69) is 15.1 Å². The van der Waals surface area contributed by atoms with Crippen molar-refractivity contribution in [1.29, 1.82) is 0 Å². The molecule has 0 unspecified atom stereocenters. The molecule has 0 aliphatic rings. The van der Waals surface area contributed by atoms with Crippen molar-refractivity contribution in [2.24, 2.45) is 0 Å². The van der Waals surface area contributed by atoms with Crippen molar-refractivity contribution in [2.75, 3.05) is 6.26 Å². The number of rotatable bonds is 2. The monoisotopic (exact) mass is 266 g/mol. The summed E-state index contributed by atoms with van der Waals surface area (Å²) in [5.41, 5.74) is 0.415. The molecule has 3 heterocycles. The molecule has 17 heavy (non-hydrogen) atoms. The van der Waals surface area contributed by atoms with Gasteiger partial charge in [0.2, 0.25) is 10.9 Å². The lowest BCUT2D eigenvalue weighted by molar-refractivity contribution is 0.576. The highest BCUT2D eigenvalue weighted by Gasteiger charge is 2.13. The van der Waals surface area contributed by atoms with Gasteiger partial charge < -0.3 is 0 Å². The standard InChI is InChI=1S/C10H7FN4S2/c1-16-7-3-2-6(8(11)13-7)9-14-15-5-4-12-10(15)17-9/h2-5H,1H3. The van der Waals surface area contributed by atoms with Crippen molar-refractivity contribution in [3.05, 3.63) is 30.5 Å². The molecule has 0 bridgehead atoms. The van der Waals surface area contributed by atoms with Crippen LogP contribution >= 0.6 is 23.1 Å². The van der Waals surface area contributed by atoms with Gasteiger partial charge in [-0.05, 0) is 18.4 Å². The lowest BCUT2D eigenvalue weighted by Crippen LogP contribution is -1.91. The highest BCUT2D eigenvalue weighted by molar-refractivity contribution is 7.98. The van der Waals surface area contributed by atoms with E-state index in [9.17, 15) is 4.39 Å². The van der Waals surface area contributed by atoms with Crippen molar-refractivity contribution in [3.63, 3.8) is 0 Å². The maximum atomic E-state index is 13.8. The third-order valence-electron chi connectivity index (χ3n) is 2.24. The van der Waals surface area contributed by atoms with Gasteiger partial charge in [-0.3, -0.25) is 0 Å². The first-order chi connectivity index (χ1) is 8.28. The van der Waals surface area contributed by atoms with E-state index in [1.54, 1.807) is 29.0 Å². The fourth-order valence-corrected chi connectivity index (χ4v) is 2.69. The Morgan fingerprint density at radius 1 is 1.41 bits per heavy atom. The number of nitrogens with zero attached hydrogens (tertiary/aromatic N) is 4. The van der Waals surface area contributed by atoms with Crippen molar-refractivity contribution in [3.8, 4) is 10.6 Å². The third-order valence-corrected chi connectivity index (χ3v) is 3.85. The van der Waals surface area contributed by atoms with E-state index in [0.29, 0.717) is 15.6 Å². The molecule has 4 nitrogen and oxygen atoms in total. The zero-order valence-corrected chi connectivity index (χ0v) is 10.4. The van der Waals surface area contributed by atoms with Gasteiger partial charge in [0.05, 0.1) is 16.8 Å². The van der Waals surface area contributed by atoms with Crippen LogP contribution in [0.5, 0.6) is 0 Å². The molecule has 0 fully saturated rings. The first kappa shape index (κ1) is 10.7.